The van der Waals surface area contributed by atoms with E-state index in [1.54, 1.807) is 6.07 Å². The van der Waals surface area contributed by atoms with Gasteiger partial charge in [-0.2, -0.15) is 0 Å². The van der Waals surface area contributed by atoms with Gasteiger partial charge in [0.05, 0.1) is 0 Å². The molecule has 0 saturated carbocycles. The molecule has 0 aromatic heterocycles. The van der Waals surface area contributed by atoms with Crippen LogP contribution in [0.15, 0.2) is 30.4 Å². The van der Waals surface area contributed by atoms with Crippen LogP contribution >= 0.6 is 0 Å². The van der Waals surface area contributed by atoms with Crippen LogP contribution in [0.5, 0.6) is 0 Å². The molecule has 2 N–H and O–H groups in total. The van der Waals surface area contributed by atoms with Gasteiger partial charge in [-0.3, -0.25) is 9.59 Å². The van der Waals surface area contributed by atoms with E-state index in [1.165, 1.54) is 0 Å². The third-order valence-corrected chi connectivity index (χ3v) is 3.99. The molecule has 0 saturated heterocycles. The van der Waals surface area contributed by atoms with Gasteiger partial charge in [0.25, 0.3) is 5.91 Å². The molecule has 1 aromatic rings. The van der Waals surface area contributed by atoms with E-state index in [1.807, 2.05) is 19.1 Å². The van der Waals surface area contributed by atoms with Crippen LogP contribution < -0.4 is 10.6 Å². The Morgan fingerprint density at radius 1 is 1.30 bits per heavy atom. The SMILES string of the molecule is Cc1cc(C(=O)NCC(C)C)ccc1NC(=O)CC1C=CCC1. The number of amides is 2. The molecule has 2 amide bonds. The van der Waals surface area contributed by atoms with Gasteiger partial charge < -0.3 is 10.6 Å². The van der Waals surface area contributed by atoms with Crippen molar-refractivity contribution in [1.82, 2.24) is 5.32 Å². The predicted molar refractivity (Wildman–Crippen MR) is 93.5 cm³/mol. The standard InChI is InChI=1S/C19H26N2O2/c1-13(2)12-20-19(23)16-8-9-17(14(3)10-16)21-18(22)11-15-6-4-5-7-15/h4,6,8-10,13,15H,5,7,11-12H2,1-3H3,(H,20,23)(H,21,22). The number of allylic oxidation sites excluding steroid dienone is 2. The molecule has 0 fully saturated rings. The number of benzene rings is 1. The number of hydrogen-bond donors (Lipinski definition) is 2. The minimum absolute atomic E-state index is 0.0293. The highest BCUT2D eigenvalue weighted by Crippen LogP contribution is 2.22. The molecule has 4 nitrogen and oxygen atoms in total. The Kier molecular flexibility index (Phi) is 5.97. The molecule has 0 spiro atoms. The molecule has 2 rings (SSSR count). The predicted octanol–water partition coefficient (Wildman–Crippen LogP) is 3.68. The van der Waals surface area contributed by atoms with E-state index in [0.29, 0.717) is 30.4 Å². The van der Waals surface area contributed by atoms with Crippen LogP contribution in [-0.4, -0.2) is 18.4 Å². The first-order chi connectivity index (χ1) is 11.0. The van der Waals surface area contributed by atoms with Crippen LogP contribution in [0.3, 0.4) is 0 Å². The van der Waals surface area contributed by atoms with Gasteiger partial charge in [0.1, 0.15) is 0 Å². The molecule has 0 aliphatic heterocycles. The second-order valence-corrected chi connectivity index (χ2v) is 6.65. The molecule has 0 radical (unpaired) electrons. The Hall–Kier alpha value is -2.10. The van der Waals surface area contributed by atoms with Gasteiger partial charge in [0.2, 0.25) is 5.91 Å². The minimum atomic E-state index is -0.0734. The lowest BCUT2D eigenvalue weighted by Crippen LogP contribution is -2.27. The molecule has 124 valence electrons. The Bertz CT molecular complexity index is 605. The summed E-state index contributed by atoms with van der Waals surface area (Å²) in [7, 11) is 0. The van der Waals surface area contributed by atoms with Gasteiger partial charge in [-0.1, -0.05) is 26.0 Å². The van der Waals surface area contributed by atoms with Crippen LogP contribution in [0, 0.1) is 18.8 Å². The topological polar surface area (TPSA) is 58.2 Å². The van der Waals surface area contributed by atoms with Gasteiger partial charge in [-0.25, -0.2) is 0 Å². The number of rotatable bonds is 6. The van der Waals surface area contributed by atoms with Crippen molar-refractivity contribution in [3.63, 3.8) is 0 Å². The van der Waals surface area contributed by atoms with E-state index in [9.17, 15) is 9.59 Å². The van der Waals surface area contributed by atoms with Crippen LogP contribution in [-0.2, 0) is 4.79 Å². The highest BCUT2D eigenvalue weighted by molar-refractivity contribution is 5.96. The summed E-state index contributed by atoms with van der Waals surface area (Å²) < 4.78 is 0. The Labute approximate surface area is 138 Å². The number of aryl methyl sites for hydroxylation is 1. The van der Waals surface area contributed by atoms with Crippen molar-refractivity contribution < 1.29 is 9.59 Å². The van der Waals surface area contributed by atoms with Crippen molar-refractivity contribution in [2.24, 2.45) is 11.8 Å². The molecule has 1 unspecified atom stereocenters. The number of anilines is 1. The van der Waals surface area contributed by atoms with Gasteiger partial charge >= 0.3 is 0 Å². The number of carbonyl (C=O) groups is 2. The van der Waals surface area contributed by atoms with Gasteiger partial charge in [0, 0.05) is 24.2 Å². The zero-order chi connectivity index (χ0) is 16.8. The van der Waals surface area contributed by atoms with E-state index in [4.69, 9.17) is 0 Å². The quantitative estimate of drug-likeness (QED) is 0.787. The Morgan fingerprint density at radius 3 is 2.70 bits per heavy atom. The number of nitrogens with one attached hydrogen (secondary N) is 2. The number of hydrogen-bond acceptors (Lipinski definition) is 2. The summed E-state index contributed by atoms with van der Waals surface area (Å²) in [5, 5.41) is 5.85. The highest BCUT2D eigenvalue weighted by atomic mass is 16.2. The third kappa shape index (κ3) is 5.23. The molecule has 0 bridgehead atoms. The Morgan fingerprint density at radius 2 is 2.09 bits per heavy atom. The van der Waals surface area contributed by atoms with Crippen molar-refractivity contribution in [3.05, 3.63) is 41.5 Å². The van der Waals surface area contributed by atoms with Crippen molar-refractivity contribution in [3.8, 4) is 0 Å². The normalized spacial score (nSPS) is 16.6. The van der Waals surface area contributed by atoms with Crippen molar-refractivity contribution in [2.45, 2.75) is 40.0 Å². The third-order valence-electron chi connectivity index (χ3n) is 3.99. The summed E-state index contributed by atoms with van der Waals surface area (Å²) in [4.78, 5) is 24.2. The van der Waals surface area contributed by atoms with E-state index in [-0.39, 0.29) is 11.8 Å². The van der Waals surface area contributed by atoms with Crippen molar-refractivity contribution in [2.75, 3.05) is 11.9 Å². The lowest BCUT2D eigenvalue weighted by atomic mass is 10.0. The van der Waals surface area contributed by atoms with Crippen molar-refractivity contribution >= 4 is 17.5 Å². The second kappa shape index (κ2) is 7.95. The average Bonchev–Trinajstić information content (AvgIpc) is 2.99. The molecular formula is C19H26N2O2. The van der Waals surface area contributed by atoms with Crippen molar-refractivity contribution in [1.29, 1.82) is 0 Å². The molecule has 1 aromatic carbocycles. The first-order valence-electron chi connectivity index (χ1n) is 8.31. The molecule has 1 aliphatic carbocycles. The van der Waals surface area contributed by atoms with E-state index in [2.05, 4.69) is 36.6 Å². The minimum Gasteiger partial charge on any atom is -0.352 e. The first-order valence-corrected chi connectivity index (χ1v) is 8.31. The lowest BCUT2D eigenvalue weighted by Gasteiger charge is -2.13. The second-order valence-electron chi connectivity index (χ2n) is 6.65. The summed E-state index contributed by atoms with van der Waals surface area (Å²) in [6.45, 7) is 6.68. The summed E-state index contributed by atoms with van der Waals surface area (Å²) in [5.74, 6) is 0.733. The maximum atomic E-state index is 12.1. The van der Waals surface area contributed by atoms with Crippen LogP contribution in [0.25, 0.3) is 0 Å². The van der Waals surface area contributed by atoms with Gasteiger partial charge in [-0.05, 0) is 55.4 Å². The molecule has 1 atom stereocenters. The smallest absolute Gasteiger partial charge is 0.251 e. The van der Waals surface area contributed by atoms with E-state index >= 15 is 0 Å². The fourth-order valence-electron chi connectivity index (χ4n) is 2.65. The zero-order valence-electron chi connectivity index (χ0n) is 14.2. The summed E-state index contributed by atoms with van der Waals surface area (Å²) in [6.07, 6.45) is 6.90. The molecule has 23 heavy (non-hydrogen) atoms. The largest absolute Gasteiger partial charge is 0.352 e. The molecule has 4 heteroatoms. The number of carbonyl (C=O) groups excluding carboxylic acids is 2. The fourth-order valence-corrected chi connectivity index (χ4v) is 2.65. The van der Waals surface area contributed by atoms with Gasteiger partial charge in [0.15, 0.2) is 0 Å². The lowest BCUT2D eigenvalue weighted by molar-refractivity contribution is -0.116. The fraction of sp³-hybridized carbons (Fsp3) is 0.474. The van der Waals surface area contributed by atoms with Crippen LogP contribution in [0.4, 0.5) is 5.69 Å². The molecule has 1 aliphatic rings. The Balaban J connectivity index is 1.94. The average molecular weight is 314 g/mol. The maximum Gasteiger partial charge on any atom is 0.251 e. The summed E-state index contributed by atoms with van der Waals surface area (Å²) >= 11 is 0. The first kappa shape index (κ1) is 17.3. The summed E-state index contributed by atoms with van der Waals surface area (Å²) in [6, 6.07) is 5.39. The highest BCUT2D eigenvalue weighted by Gasteiger charge is 2.15. The maximum absolute atomic E-state index is 12.1. The zero-order valence-corrected chi connectivity index (χ0v) is 14.2. The molecule has 0 heterocycles. The van der Waals surface area contributed by atoms with E-state index in [0.717, 1.165) is 24.1 Å². The van der Waals surface area contributed by atoms with Gasteiger partial charge in [-0.15, -0.1) is 0 Å². The van der Waals surface area contributed by atoms with Crippen LogP contribution in [0.1, 0.15) is 49.0 Å². The molecular weight excluding hydrogens is 288 g/mol. The summed E-state index contributed by atoms with van der Waals surface area (Å²) in [5.41, 5.74) is 2.30. The van der Waals surface area contributed by atoms with E-state index < -0.39 is 0 Å². The van der Waals surface area contributed by atoms with Crippen LogP contribution in [0.2, 0.25) is 0 Å². The monoisotopic (exact) mass is 314 g/mol.